The molecule has 0 saturated carbocycles. The number of aryl methyl sites for hydroxylation is 3. The average Bonchev–Trinajstić information content (AvgIpc) is 3.19. The standard InChI is InChI=1S/C19H23FIN7O2/c1-4-28-16(14(20)10(2)26-28)18(30)25-19-24-13-9-11(17(22)29)8-12(21)15(13)27(19)7-5-6-23-3/h8-9,23H,4-7H2,1-3H3,(H2,22,29)(H,24,25,30). The summed E-state index contributed by atoms with van der Waals surface area (Å²) in [7, 11) is 1.86. The SMILES string of the molecule is CCn1nc(C)c(F)c1C(=O)Nc1nc2cc(C(N)=O)cc(I)c2n1CCCNC. The molecule has 1 aromatic carbocycles. The molecular weight excluding hydrogens is 504 g/mol. The van der Waals surface area contributed by atoms with Crippen LogP contribution in [-0.4, -0.2) is 44.7 Å². The van der Waals surface area contributed by atoms with Gasteiger partial charge in [0.05, 0.1) is 16.7 Å². The first kappa shape index (κ1) is 22.2. The predicted molar refractivity (Wildman–Crippen MR) is 120 cm³/mol. The Morgan fingerprint density at radius 2 is 2.07 bits per heavy atom. The van der Waals surface area contributed by atoms with Crippen LogP contribution in [0, 0.1) is 16.3 Å². The Labute approximate surface area is 186 Å². The number of nitrogens with zero attached hydrogens (tertiary/aromatic N) is 4. The van der Waals surface area contributed by atoms with Gasteiger partial charge in [0.25, 0.3) is 5.91 Å². The molecule has 0 saturated heterocycles. The molecule has 0 radical (unpaired) electrons. The van der Waals surface area contributed by atoms with E-state index in [0.29, 0.717) is 24.2 Å². The van der Waals surface area contributed by atoms with Crippen LogP contribution < -0.4 is 16.4 Å². The molecule has 0 aliphatic rings. The molecule has 2 aromatic heterocycles. The van der Waals surface area contributed by atoms with Crippen LogP contribution in [0.5, 0.6) is 0 Å². The third kappa shape index (κ3) is 4.17. The van der Waals surface area contributed by atoms with Gasteiger partial charge in [-0.2, -0.15) is 5.10 Å². The van der Waals surface area contributed by atoms with Crippen molar-refractivity contribution in [2.24, 2.45) is 5.73 Å². The van der Waals surface area contributed by atoms with Crippen molar-refractivity contribution in [3.05, 3.63) is 38.5 Å². The third-order valence-corrected chi connectivity index (χ3v) is 5.50. The van der Waals surface area contributed by atoms with Gasteiger partial charge in [-0.05, 0) is 68.6 Å². The van der Waals surface area contributed by atoms with Crippen molar-refractivity contribution in [2.75, 3.05) is 18.9 Å². The van der Waals surface area contributed by atoms with Crippen molar-refractivity contribution in [2.45, 2.75) is 33.4 Å². The first-order chi connectivity index (χ1) is 14.3. The summed E-state index contributed by atoms with van der Waals surface area (Å²) < 4.78 is 18.4. The molecule has 0 atom stereocenters. The fourth-order valence-electron chi connectivity index (χ4n) is 3.25. The molecule has 2 heterocycles. The number of hydrogen-bond acceptors (Lipinski definition) is 5. The monoisotopic (exact) mass is 527 g/mol. The molecule has 0 spiro atoms. The number of amides is 2. The van der Waals surface area contributed by atoms with Crippen LogP contribution in [0.4, 0.5) is 10.3 Å². The molecule has 2 amide bonds. The number of carbonyl (C=O) groups is 2. The van der Waals surface area contributed by atoms with Crippen LogP contribution in [0.3, 0.4) is 0 Å². The van der Waals surface area contributed by atoms with E-state index < -0.39 is 17.6 Å². The maximum atomic E-state index is 14.5. The second kappa shape index (κ2) is 9.08. The number of rotatable bonds is 8. The summed E-state index contributed by atoms with van der Waals surface area (Å²) in [6.45, 7) is 4.97. The van der Waals surface area contributed by atoms with E-state index in [-0.39, 0.29) is 17.3 Å². The summed E-state index contributed by atoms with van der Waals surface area (Å²) in [5.74, 6) is -1.58. The van der Waals surface area contributed by atoms with Gasteiger partial charge in [-0.3, -0.25) is 19.6 Å². The minimum atomic E-state index is -0.655. The second-order valence-electron chi connectivity index (χ2n) is 6.75. The number of fused-ring (bicyclic) bond motifs is 1. The lowest BCUT2D eigenvalue weighted by Gasteiger charge is -2.11. The molecule has 4 N–H and O–H groups in total. The predicted octanol–water partition coefficient (Wildman–Crippen LogP) is 2.27. The van der Waals surface area contributed by atoms with E-state index in [2.05, 4.69) is 43.3 Å². The number of nitrogens with two attached hydrogens (primary N) is 1. The average molecular weight is 527 g/mol. The Morgan fingerprint density at radius 1 is 1.33 bits per heavy atom. The first-order valence-electron chi connectivity index (χ1n) is 9.46. The molecule has 0 aliphatic heterocycles. The van der Waals surface area contributed by atoms with Crippen molar-refractivity contribution < 1.29 is 14.0 Å². The summed E-state index contributed by atoms with van der Waals surface area (Å²) in [6.07, 6.45) is 0.777. The van der Waals surface area contributed by atoms with Crippen molar-refractivity contribution in [3.63, 3.8) is 0 Å². The number of nitrogens with one attached hydrogen (secondary N) is 2. The van der Waals surface area contributed by atoms with E-state index in [0.717, 1.165) is 22.1 Å². The normalized spacial score (nSPS) is 11.2. The van der Waals surface area contributed by atoms with Gasteiger partial charge in [-0.15, -0.1) is 0 Å². The zero-order valence-corrected chi connectivity index (χ0v) is 19.1. The second-order valence-corrected chi connectivity index (χ2v) is 7.91. The molecule has 9 nitrogen and oxygen atoms in total. The van der Waals surface area contributed by atoms with Crippen LogP contribution in [0.25, 0.3) is 11.0 Å². The zero-order valence-electron chi connectivity index (χ0n) is 16.9. The number of hydrogen-bond donors (Lipinski definition) is 3. The molecular formula is C19H23FIN7O2. The molecule has 3 aromatic rings. The van der Waals surface area contributed by atoms with Gasteiger partial charge in [0, 0.05) is 22.2 Å². The van der Waals surface area contributed by atoms with E-state index in [1.165, 1.54) is 11.6 Å². The topological polar surface area (TPSA) is 120 Å². The van der Waals surface area contributed by atoms with E-state index in [1.807, 2.05) is 11.6 Å². The Kier molecular flexibility index (Phi) is 6.71. The van der Waals surface area contributed by atoms with Gasteiger partial charge in [0.2, 0.25) is 11.9 Å². The third-order valence-electron chi connectivity index (χ3n) is 4.68. The number of aromatic nitrogens is 4. The van der Waals surface area contributed by atoms with Crippen molar-refractivity contribution >= 4 is 51.4 Å². The van der Waals surface area contributed by atoms with E-state index in [4.69, 9.17) is 5.73 Å². The highest BCUT2D eigenvalue weighted by atomic mass is 127. The van der Waals surface area contributed by atoms with Crippen LogP contribution in [0.15, 0.2) is 12.1 Å². The fraction of sp³-hybridized carbons (Fsp3) is 0.368. The number of halogens is 2. The Hall–Kier alpha value is -2.54. The van der Waals surface area contributed by atoms with Gasteiger partial charge in [0.15, 0.2) is 11.5 Å². The molecule has 0 fully saturated rings. The molecule has 0 unspecified atom stereocenters. The zero-order chi connectivity index (χ0) is 22.0. The lowest BCUT2D eigenvalue weighted by Crippen LogP contribution is -2.21. The quantitative estimate of drug-likeness (QED) is 0.307. The van der Waals surface area contributed by atoms with Gasteiger partial charge in [-0.1, -0.05) is 0 Å². The van der Waals surface area contributed by atoms with E-state index in [1.54, 1.807) is 19.1 Å². The highest BCUT2D eigenvalue weighted by Gasteiger charge is 2.24. The Bertz CT molecular complexity index is 1120. The van der Waals surface area contributed by atoms with Gasteiger partial charge in [-0.25, -0.2) is 9.37 Å². The van der Waals surface area contributed by atoms with Crippen molar-refractivity contribution in [1.82, 2.24) is 24.6 Å². The van der Waals surface area contributed by atoms with Crippen molar-refractivity contribution in [3.8, 4) is 0 Å². The minimum absolute atomic E-state index is 0.142. The lowest BCUT2D eigenvalue weighted by molar-refractivity contribution is 0.0994. The minimum Gasteiger partial charge on any atom is -0.366 e. The molecule has 0 bridgehead atoms. The maximum Gasteiger partial charge on any atom is 0.279 e. The van der Waals surface area contributed by atoms with Crippen LogP contribution >= 0.6 is 22.6 Å². The number of carbonyl (C=O) groups excluding carboxylic acids is 2. The molecule has 3 rings (SSSR count). The number of benzene rings is 1. The van der Waals surface area contributed by atoms with Crippen molar-refractivity contribution in [1.29, 1.82) is 0 Å². The lowest BCUT2D eigenvalue weighted by atomic mass is 10.2. The van der Waals surface area contributed by atoms with Crippen LogP contribution in [0.2, 0.25) is 0 Å². The largest absolute Gasteiger partial charge is 0.366 e. The van der Waals surface area contributed by atoms with Gasteiger partial charge in [0.1, 0.15) is 0 Å². The Morgan fingerprint density at radius 3 is 2.70 bits per heavy atom. The summed E-state index contributed by atoms with van der Waals surface area (Å²) in [4.78, 5) is 29.0. The van der Waals surface area contributed by atoms with Crippen LogP contribution in [-0.2, 0) is 13.1 Å². The smallest absolute Gasteiger partial charge is 0.279 e. The summed E-state index contributed by atoms with van der Waals surface area (Å²) in [6, 6.07) is 3.27. The Balaban J connectivity index is 2.07. The van der Waals surface area contributed by atoms with E-state index in [9.17, 15) is 14.0 Å². The summed E-state index contributed by atoms with van der Waals surface area (Å²) in [5.41, 5.74) is 7.06. The summed E-state index contributed by atoms with van der Waals surface area (Å²) in [5, 5.41) is 9.86. The molecule has 160 valence electrons. The van der Waals surface area contributed by atoms with Gasteiger partial charge >= 0.3 is 0 Å². The maximum absolute atomic E-state index is 14.5. The molecule has 11 heteroatoms. The van der Waals surface area contributed by atoms with E-state index >= 15 is 0 Å². The summed E-state index contributed by atoms with van der Waals surface area (Å²) >= 11 is 2.11. The highest BCUT2D eigenvalue weighted by molar-refractivity contribution is 14.1. The molecule has 0 aliphatic carbocycles. The molecule has 30 heavy (non-hydrogen) atoms. The van der Waals surface area contributed by atoms with Gasteiger partial charge < -0.3 is 15.6 Å². The number of anilines is 1. The first-order valence-corrected chi connectivity index (χ1v) is 10.5. The number of imidazole rings is 1. The number of primary amides is 1. The fourth-order valence-corrected chi connectivity index (χ4v) is 4.16. The van der Waals surface area contributed by atoms with Crippen LogP contribution in [0.1, 0.15) is 39.9 Å². The highest BCUT2D eigenvalue weighted by Crippen LogP contribution is 2.27.